The third kappa shape index (κ3) is 2.70. The number of carbonyl (C=O) groups excluding carboxylic acids is 1. The van der Waals surface area contributed by atoms with E-state index in [4.69, 9.17) is 11.6 Å². The Kier molecular flexibility index (Phi) is 3.20. The zero-order valence-corrected chi connectivity index (χ0v) is 9.35. The van der Waals surface area contributed by atoms with Crippen LogP contribution in [0.4, 0.5) is 5.82 Å². The molecule has 2 aromatic heterocycles. The molecule has 1 amide bonds. The first-order valence-electron chi connectivity index (χ1n) is 4.74. The summed E-state index contributed by atoms with van der Waals surface area (Å²) in [6, 6.07) is 6.01. The fourth-order valence-electron chi connectivity index (χ4n) is 1.22. The van der Waals surface area contributed by atoms with Gasteiger partial charge in [0.15, 0.2) is 5.69 Å². The SMILES string of the molecule is O=C(Nc1cc(Cl)ccn1)c1ncccc1O. The minimum absolute atomic E-state index is 0.0609. The Bertz CT molecular complexity index is 560. The van der Waals surface area contributed by atoms with E-state index in [1.807, 2.05) is 0 Å². The molecule has 0 atom stereocenters. The van der Waals surface area contributed by atoms with Crippen LogP contribution in [0.5, 0.6) is 5.75 Å². The number of aromatic nitrogens is 2. The van der Waals surface area contributed by atoms with E-state index in [2.05, 4.69) is 15.3 Å². The number of pyridine rings is 2. The van der Waals surface area contributed by atoms with Crippen molar-refractivity contribution in [1.82, 2.24) is 9.97 Å². The molecule has 2 rings (SSSR count). The minimum atomic E-state index is -0.544. The number of anilines is 1. The Morgan fingerprint density at radius 2 is 2.12 bits per heavy atom. The first kappa shape index (κ1) is 11.3. The molecule has 0 saturated carbocycles. The molecule has 0 bridgehead atoms. The zero-order chi connectivity index (χ0) is 12.3. The minimum Gasteiger partial charge on any atom is -0.505 e. The number of nitrogens with zero attached hydrogens (tertiary/aromatic N) is 2. The molecule has 0 unspecified atom stereocenters. The van der Waals surface area contributed by atoms with Crippen molar-refractivity contribution in [2.45, 2.75) is 0 Å². The fourth-order valence-corrected chi connectivity index (χ4v) is 1.38. The molecule has 2 N–H and O–H groups in total. The van der Waals surface area contributed by atoms with Crippen LogP contribution >= 0.6 is 11.6 Å². The molecule has 86 valence electrons. The van der Waals surface area contributed by atoms with Crippen molar-refractivity contribution in [3.8, 4) is 5.75 Å². The summed E-state index contributed by atoms with van der Waals surface area (Å²) in [6.07, 6.45) is 2.89. The van der Waals surface area contributed by atoms with Crippen molar-refractivity contribution in [3.63, 3.8) is 0 Å². The van der Waals surface area contributed by atoms with Gasteiger partial charge in [-0.2, -0.15) is 0 Å². The molecule has 0 aromatic carbocycles. The normalized spacial score (nSPS) is 9.94. The largest absolute Gasteiger partial charge is 0.505 e. The predicted molar refractivity (Wildman–Crippen MR) is 63.1 cm³/mol. The lowest BCUT2D eigenvalue weighted by Gasteiger charge is -2.04. The number of halogens is 1. The lowest BCUT2D eigenvalue weighted by atomic mass is 10.3. The van der Waals surface area contributed by atoms with E-state index in [1.54, 1.807) is 6.07 Å². The summed E-state index contributed by atoms with van der Waals surface area (Å²) in [4.78, 5) is 19.4. The highest BCUT2D eigenvalue weighted by atomic mass is 35.5. The maximum atomic E-state index is 11.7. The first-order chi connectivity index (χ1) is 8.16. The molecule has 0 radical (unpaired) electrons. The molecule has 0 spiro atoms. The summed E-state index contributed by atoms with van der Waals surface area (Å²) in [5.74, 6) is -0.433. The van der Waals surface area contributed by atoms with Crippen molar-refractivity contribution >= 4 is 23.3 Å². The topological polar surface area (TPSA) is 75.1 Å². The second-order valence-corrected chi connectivity index (χ2v) is 3.62. The quantitative estimate of drug-likeness (QED) is 0.855. The van der Waals surface area contributed by atoms with Crippen molar-refractivity contribution in [2.24, 2.45) is 0 Å². The van der Waals surface area contributed by atoms with Gasteiger partial charge < -0.3 is 10.4 Å². The van der Waals surface area contributed by atoms with Crippen LogP contribution in [0.25, 0.3) is 0 Å². The second kappa shape index (κ2) is 4.80. The molecule has 0 aliphatic carbocycles. The van der Waals surface area contributed by atoms with Gasteiger partial charge in [0, 0.05) is 17.4 Å². The molecular formula is C11H8ClN3O2. The average molecular weight is 250 g/mol. The van der Waals surface area contributed by atoms with Crippen LogP contribution in [-0.4, -0.2) is 21.0 Å². The molecule has 0 aliphatic rings. The Hall–Kier alpha value is -2.14. The molecular weight excluding hydrogens is 242 g/mol. The monoisotopic (exact) mass is 249 g/mol. The summed E-state index contributed by atoms with van der Waals surface area (Å²) in [7, 11) is 0. The van der Waals surface area contributed by atoms with E-state index in [-0.39, 0.29) is 11.4 Å². The summed E-state index contributed by atoms with van der Waals surface area (Å²) >= 11 is 5.75. The number of nitrogens with one attached hydrogen (secondary N) is 1. The first-order valence-corrected chi connectivity index (χ1v) is 5.11. The molecule has 5 nitrogen and oxygen atoms in total. The highest BCUT2D eigenvalue weighted by molar-refractivity contribution is 6.30. The van der Waals surface area contributed by atoms with E-state index in [0.29, 0.717) is 10.8 Å². The van der Waals surface area contributed by atoms with Gasteiger partial charge in [0.1, 0.15) is 11.6 Å². The van der Waals surface area contributed by atoms with Gasteiger partial charge in [0.2, 0.25) is 0 Å². The molecule has 0 aliphatic heterocycles. The van der Waals surface area contributed by atoms with Crippen LogP contribution < -0.4 is 5.32 Å². The molecule has 0 saturated heterocycles. The number of hydrogen-bond acceptors (Lipinski definition) is 4. The lowest BCUT2D eigenvalue weighted by Crippen LogP contribution is -2.14. The summed E-state index contributed by atoms with van der Waals surface area (Å²) < 4.78 is 0. The van der Waals surface area contributed by atoms with Crippen LogP contribution in [0.15, 0.2) is 36.7 Å². The highest BCUT2D eigenvalue weighted by Crippen LogP contribution is 2.16. The maximum absolute atomic E-state index is 11.7. The van der Waals surface area contributed by atoms with Crippen LogP contribution in [0.3, 0.4) is 0 Å². The maximum Gasteiger partial charge on any atom is 0.279 e. The number of hydrogen-bond donors (Lipinski definition) is 2. The number of carbonyl (C=O) groups is 1. The van der Waals surface area contributed by atoms with E-state index in [9.17, 15) is 9.90 Å². The zero-order valence-electron chi connectivity index (χ0n) is 8.59. The van der Waals surface area contributed by atoms with Gasteiger partial charge in [0.25, 0.3) is 5.91 Å². The van der Waals surface area contributed by atoms with Gasteiger partial charge in [-0.15, -0.1) is 0 Å². The fraction of sp³-hybridized carbons (Fsp3) is 0. The van der Waals surface area contributed by atoms with E-state index < -0.39 is 5.91 Å². The summed E-state index contributed by atoms with van der Waals surface area (Å²) in [6.45, 7) is 0. The smallest absolute Gasteiger partial charge is 0.279 e. The standard InChI is InChI=1S/C11H8ClN3O2/c12-7-3-5-13-9(6-7)15-11(17)10-8(16)2-1-4-14-10/h1-6,16H,(H,13,15,17). The highest BCUT2D eigenvalue weighted by Gasteiger charge is 2.12. The molecule has 6 heteroatoms. The van der Waals surface area contributed by atoms with Crippen LogP contribution in [0.1, 0.15) is 10.5 Å². The lowest BCUT2D eigenvalue weighted by molar-refractivity contribution is 0.101. The Labute approximate surface area is 102 Å². The Balaban J connectivity index is 2.20. The van der Waals surface area contributed by atoms with Crippen LogP contribution in [0.2, 0.25) is 5.02 Å². The van der Waals surface area contributed by atoms with E-state index >= 15 is 0 Å². The second-order valence-electron chi connectivity index (χ2n) is 3.18. The molecule has 17 heavy (non-hydrogen) atoms. The van der Waals surface area contributed by atoms with Crippen molar-refractivity contribution in [1.29, 1.82) is 0 Å². The average Bonchev–Trinajstić information content (AvgIpc) is 2.29. The van der Waals surface area contributed by atoms with Gasteiger partial charge in [-0.05, 0) is 24.3 Å². The van der Waals surface area contributed by atoms with Crippen molar-refractivity contribution < 1.29 is 9.90 Å². The van der Waals surface area contributed by atoms with E-state index in [1.165, 1.54) is 30.6 Å². The van der Waals surface area contributed by atoms with Gasteiger partial charge in [0.05, 0.1) is 0 Å². The van der Waals surface area contributed by atoms with Crippen LogP contribution in [0, 0.1) is 0 Å². The Morgan fingerprint density at radius 1 is 1.29 bits per heavy atom. The van der Waals surface area contributed by atoms with Gasteiger partial charge >= 0.3 is 0 Å². The van der Waals surface area contributed by atoms with Gasteiger partial charge in [-0.3, -0.25) is 4.79 Å². The van der Waals surface area contributed by atoms with Gasteiger partial charge in [-0.1, -0.05) is 11.6 Å². The van der Waals surface area contributed by atoms with Crippen molar-refractivity contribution in [2.75, 3.05) is 5.32 Å². The van der Waals surface area contributed by atoms with Crippen LogP contribution in [-0.2, 0) is 0 Å². The van der Waals surface area contributed by atoms with E-state index in [0.717, 1.165) is 0 Å². The molecule has 2 heterocycles. The predicted octanol–water partition coefficient (Wildman–Crippen LogP) is 2.09. The summed E-state index contributed by atoms with van der Waals surface area (Å²) in [5, 5.41) is 12.4. The van der Waals surface area contributed by atoms with Gasteiger partial charge in [-0.25, -0.2) is 9.97 Å². The number of rotatable bonds is 2. The molecule has 0 fully saturated rings. The Morgan fingerprint density at radius 3 is 2.82 bits per heavy atom. The third-order valence-corrected chi connectivity index (χ3v) is 2.20. The molecule has 2 aromatic rings. The third-order valence-electron chi connectivity index (χ3n) is 1.97. The number of aromatic hydroxyl groups is 1. The van der Waals surface area contributed by atoms with Crippen molar-refractivity contribution in [3.05, 3.63) is 47.4 Å². The number of amides is 1. The summed E-state index contributed by atoms with van der Waals surface area (Å²) in [5.41, 5.74) is -0.0609.